The Morgan fingerprint density at radius 2 is 1.74 bits per heavy atom. The van der Waals surface area contributed by atoms with Crippen LogP contribution in [0.25, 0.3) is 0 Å². The van der Waals surface area contributed by atoms with E-state index >= 15 is 0 Å². The molecule has 0 aromatic rings. The summed E-state index contributed by atoms with van der Waals surface area (Å²) in [5.41, 5.74) is 2.87. The van der Waals surface area contributed by atoms with E-state index in [0.717, 1.165) is 42.1 Å². The lowest BCUT2D eigenvalue weighted by Gasteiger charge is -2.58. The largest absolute Gasteiger partial charge is 0.378 e. The second-order valence-electron chi connectivity index (χ2n) is 14.1. The summed E-state index contributed by atoms with van der Waals surface area (Å²) in [6, 6.07) is 0. The quantitative estimate of drug-likeness (QED) is 0.215. The fourth-order valence-corrected chi connectivity index (χ4v) is 9.57. The molecule has 4 aliphatic carbocycles. The molecule has 8 atom stereocenters. The van der Waals surface area contributed by atoms with Gasteiger partial charge in [0.15, 0.2) is 0 Å². The predicted molar refractivity (Wildman–Crippen MR) is 147 cm³/mol. The van der Waals surface area contributed by atoms with Gasteiger partial charge < -0.3 is 4.74 Å². The predicted octanol–water partition coefficient (Wildman–Crippen LogP) is 9.99. The Kier molecular flexibility index (Phi) is 8.97. The van der Waals surface area contributed by atoms with Gasteiger partial charge in [0.1, 0.15) is 0 Å². The van der Waals surface area contributed by atoms with Gasteiger partial charge in [-0.25, -0.2) is 0 Å². The molecule has 0 radical (unpaired) electrons. The third-order valence-corrected chi connectivity index (χ3v) is 11.6. The summed E-state index contributed by atoms with van der Waals surface area (Å²) in [7, 11) is 0. The maximum Gasteiger partial charge on any atom is 0.0612 e. The Morgan fingerprint density at radius 3 is 2.50 bits per heavy atom. The second kappa shape index (κ2) is 11.4. The highest BCUT2D eigenvalue weighted by Crippen LogP contribution is 2.67. The topological polar surface area (TPSA) is 9.23 Å². The van der Waals surface area contributed by atoms with Crippen molar-refractivity contribution in [3.05, 3.63) is 11.6 Å². The number of rotatable bonds is 11. The van der Waals surface area contributed by atoms with E-state index in [1.165, 1.54) is 96.3 Å². The van der Waals surface area contributed by atoms with E-state index < -0.39 is 0 Å². The van der Waals surface area contributed by atoms with Crippen LogP contribution in [0.5, 0.6) is 0 Å². The Balaban J connectivity index is 1.37. The monoisotopic (exact) mass is 470 g/mol. The number of allylic oxidation sites excluding steroid dienone is 1. The molecule has 3 fully saturated rings. The maximum atomic E-state index is 6.39. The summed E-state index contributed by atoms with van der Waals surface area (Å²) in [4.78, 5) is 0. The highest BCUT2D eigenvalue weighted by atomic mass is 16.5. The standard InChI is InChI=1S/C33H58O/c1-7-8-9-10-22-34-27-18-20-32(5)26(23-27)14-15-28-30-17-16-29(25(4)13-11-12-24(2)3)33(30,6)21-19-31(28)32/h14,24-25,27-31H,7-13,15-23H2,1-6H3/t25-,27+,28+,29-,30+,31+,32+,33-/m1/s1. The fourth-order valence-electron chi connectivity index (χ4n) is 9.57. The molecule has 0 heterocycles. The molecule has 0 unspecified atom stereocenters. The Labute approximate surface area is 213 Å². The summed E-state index contributed by atoms with van der Waals surface area (Å²) in [5.74, 6) is 5.62. The molecule has 0 N–H and O–H groups in total. The highest BCUT2D eigenvalue weighted by Gasteiger charge is 2.59. The van der Waals surface area contributed by atoms with Crippen molar-refractivity contribution >= 4 is 0 Å². The average molecular weight is 471 g/mol. The first-order valence-electron chi connectivity index (χ1n) is 15.6. The number of hydrogen-bond acceptors (Lipinski definition) is 1. The molecule has 0 aromatic heterocycles. The molecule has 0 bridgehead atoms. The van der Waals surface area contributed by atoms with Crippen LogP contribution < -0.4 is 0 Å². The third-order valence-electron chi connectivity index (χ3n) is 11.6. The van der Waals surface area contributed by atoms with Crippen molar-refractivity contribution in [2.75, 3.05) is 6.61 Å². The van der Waals surface area contributed by atoms with Gasteiger partial charge in [0.2, 0.25) is 0 Å². The molecular weight excluding hydrogens is 412 g/mol. The molecule has 0 spiro atoms. The molecular formula is C33H58O. The van der Waals surface area contributed by atoms with Gasteiger partial charge in [0.05, 0.1) is 6.10 Å². The normalized spacial score (nSPS) is 40.4. The summed E-state index contributed by atoms with van der Waals surface area (Å²) in [6.07, 6.45) is 24.1. The van der Waals surface area contributed by atoms with E-state index in [-0.39, 0.29) is 0 Å². The molecule has 196 valence electrons. The van der Waals surface area contributed by atoms with Crippen LogP contribution >= 0.6 is 0 Å². The van der Waals surface area contributed by atoms with Crippen molar-refractivity contribution in [3.63, 3.8) is 0 Å². The zero-order valence-electron chi connectivity index (χ0n) is 23.8. The first-order valence-corrected chi connectivity index (χ1v) is 15.6. The molecule has 34 heavy (non-hydrogen) atoms. The van der Waals surface area contributed by atoms with Gasteiger partial charge >= 0.3 is 0 Å². The van der Waals surface area contributed by atoms with Gasteiger partial charge in [-0.2, -0.15) is 0 Å². The molecule has 4 rings (SSSR count). The van der Waals surface area contributed by atoms with Crippen LogP contribution in [0.3, 0.4) is 0 Å². The molecule has 0 aliphatic heterocycles. The Hall–Kier alpha value is -0.300. The van der Waals surface area contributed by atoms with Crippen LogP contribution in [-0.2, 0) is 4.74 Å². The third kappa shape index (κ3) is 5.35. The molecule has 0 aromatic carbocycles. The van der Waals surface area contributed by atoms with Crippen LogP contribution in [0.15, 0.2) is 11.6 Å². The average Bonchev–Trinajstić information content (AvgIpc) is 3.16. The number of ether oxygens (including phenoxy) is 1. The van der Waals surface area contributed by atoms with Crippen molar-refractivity contribution in [1.29, 1.82) is 0 Å². The van der Waals surface area contributed by atoms with E-state index in [2.05, 4.69) is 47.6 Å². The van der Waals surface area contributed by atoms with Crippen molar-refractivity contribution < 1.29 is 4.74 Å². The van der Waals surface area contributed by atoms with Crippen LogP contribution in [-0.4, -0.2) is 12.7 Å². The lowest BCUT2D eigenvalue weighted by atomic mass is 9.47. The first-order chi connectivity index (χ1) is 16.3. The van der Waals surface area contributed by atoms with Crippen molar-refractivity contribution in [2.24, 2.45) is 46.3 Å². The first kappa shape index (κ1) is 26.8. The lowest BCUT2D eigenvalue weighted by Crippen LogP contribution is -2.51. The SMILES string of the molecule is CCCCCCO[C@H]1CC[C@@]2(C)C(=CC[C@H]3[C@@H]4CC[C@H]([C@H](C)CCCC(C)C)[C@@]4(C)CC[C@@H]32)C1. The zero-order valence-corrected chi connectivity index (χ0v) is 23.8. The summed E-state index contributed by atoms with van der Waals surface area (Å²) < 4.78 is 6.39. The van der Waals surface area contributed by atoms with Gasteiger partial charge in [0.25, 0.3) is 0 Å². The van der Waals surface area contributed by atoms with E-state index in [1.807, 2.05) is 0 Å². The van der Waals surface area contributed by atoms with Gasteiger partial charge in [-0.15, -0.1) is 0 Å². The number of unbranched alkanes of at least 4 members (excludes halogenated alkanes) is 3. The molecule has 0 amide bonds. The molecule has 0 saturated heterocycles. The molecule has 1 nitrogen and oxygen atoms in total. The van der Waals surface area contributed by atoms with E-state index in [9.17, 15) is 0 Å². The summed E-state index contributed by atoms with van der Waals surface area (Å²) >= 11 is 0. The smallest absolute Gasteiger partial charge is 0.0612 e. The van der Waals surface area contributed by atoms with E-state index in [1.54, 1.807) is 5.57 Å². The molecule has 1 heteroatoms. The van der Waals surface area contributed by atoms with E-state index in [0.29, 0.717) is 16.9 Å². The minimum Gasteiger partial charge on any atom is -0.378 e. The Bertz CT molecular complexity index is 678. The number of fused-ring (bicyclic) bond motifs is 5. The fraction of sp³-hybridized carbons (Fsp3) is 0.939. The second-order valence-corrected chi connectivity index (χ2v) is 14.1. The highest BCUT2D eigenvalue weighted by molar-refractivity contribution is 5.25. The van der Waals surface area contributed by atoms with Crippen LogP contribution in [0, 0.1) is 46.3 Å². The summed E-state index contributed by atoms with van der Waals surface area (Å²) in [5, 5.41) is 0. The maximum absolute atomic E-state index is 6.39. The molecule has 4 aliphatic rings. The minimum atomic E-state index is 0.466. The van der Waals surface area contributed by atoms with Crippen LogP contribution in [0.2, 0.25) is 0 Å². The lowest BCUT2D eigenvalue weighted by molar-refractivity contribution is -0.0641. The number of hydrogen-bond donors (Lipinski definition) is 0. The van der Waals surface area contributed by atoms with Crippen LogP contribution in [0.1, 0.15) is 138 Å². The zero-order chi connectivity index (χ0) is 24.3. The van der Waals surface area contributed by atoms with Crippen molar-refractivity contribution in [2.45, 2.75) is 144 Å². The van der Waals surface area contributed by atoms with Gasteiger partial charge in [0, 0.05) is 6.61 Å². The molecule has 3 saturated carbocycles. The van der Waals surface area contributed by atoms with Gasteiger partial charge in [-0.3, -0.25) is 0 Å². The van der Waals surface area contributed by atoms with E-state index in [4.69, 9.17) is 4.74 Å². The summed E-state index contributed by atoms with van der Waals surface area (Å²) in [6.45, 7) is 16.0. The van der Waals surface area contributed by atoms with Crippen LogP contribution in [0.4, 0.5) is 0 Å². The minimum absolute atomic E-state index is 0.466. The van der Waals surface area contributed by atoms with Crippen molar-refractivity contribution in [3.8, 4) is 0 Å². The van der Waals surface area contributed by atoms with Gasteiger partial charge in [-0.05, 0) is 104 Å². The van der Waals surface area contributed by atoms with Crippen molar-refractivity contribution in [1.82, 2.24) is 0 Å². The van der Waals surface area contributed by atoms with Gasteiger partial charge in [-0.1, -0.05) is 91.7 Å². The Morgan fingerprint density at radius 1 is 0.912 bits per heavy atom.